The first-order chi connectivity index (χ1) is 11.9. The van der Waals surface area contributed by atoms with E-state index in [1.165, 1.54) is 6.26 Å². The SMILES string of the molecule is CC(NC(=O)c1cccc2ccccc12)c1ccc(S(C)(=O)=O)cc1. The normalized spacial score (nSPS) is 12.7. The molecule has 5 heteroatoms. The Hall–Kier alpha value is -2.66. The van der Waals surface area contributed by atoms with Crippen LogP contribution < -0.4 is 5.32 Å². The highest BCUT2D eigenvalue weighted by Crippen LogP contribution is 2.21. The summed E-state index contributed by atoms with van der Waals surface area (Å²) in [5, 5.41) is 4.89. The molecule has 1 atom stereocenters. The summed E-state index contributed by atoms with van der Waals surface area (Å²) >= 11 is 0. The number of rotatable bonds is 4. The fraction of sp³-hybridized carbons (Fsp3) is 0.150. The fourth-order valence-corrected chi connectivity index (χ4v) is 3.42. The maximum atomic E-state index is 12.7. The molecular weight excluding hydrogens is 334 g/mol. The molecule has 0 saturated heterocycles. The van der Waals surface area contributed by atoms with Gasteiger partial charge in [0.15, 0.2) is 9.84 Å². The summed E-state index contributed by atoms with van der Waals surface area (Å²) in [6.07, 6.45) is 1.17. The zero-order valence-electron chi connectivity index (χ0n) is 14.1. The first-order valence-electron chi connectivity index (χ1n) is 7.95. The molecule has 0 aliphatic rings. The maximum absolute atomic E-state index is 12.7. The molecule has 3 aromatic carbocycles. The van der Waals surface area contributed by atoms with Crippen LogP contribution in [-0.2, 0) is 9.84 Å². The monoisotopic (exact) mass is 353 g/mol. The smallest absolute Gasteiger partial charge is 0.252 e. The summed E-state index contributed by atoms with van der Waals surface area (Å²) < 4.78 is 23.1. The molecule has 0 radical (unpaired) electrons. The number of fused-ring (bicyclic) bond motifs is 1. The highest BCUT2D eigenvalue weighted by Gasteiger charge is 2.14. The van der Waals surface area contributed by atoms with Crippen LogP contribution in [0.3, 0.4) is 0 Å². The van der Waals surface area contributed by atoms with E-state index < -0.39 is 9.84 Å². The van der Waals surface area contributed by atoms with Gasteiger partial charge in [-0.25, -0.2) is 8.42 Å². The lowest BCUT2D eigenvalue weighted by atomic mass is 10.0. The van der Waals surface area contributed by atoms with E-state index in [0.29, 0.717) is 5.56 Å². The molecular formula is C20H19NO3S. The van der Waals surface area contributed by atoms with Crippen LogP contribution >= 0.6 is 0 Å². The number of nitrogens with one attached hydrogen (secondary N) is 1. The third-order valence-corrected chi connectivity index (χ3v) is 5.32. The number of hydrogen-bond acceptors (Lipinski definition) is 3. The number of carbonyl (C=O) groups is 1. The molecule has 1 amide bonds. The van der Waals surface area contributed by atoms with Crippen molar-refractivity contribution in [2.75, 3.05) is 6.26 Å². The van der Waals surface area contributed by atoms with E-state index in [2.05, 4.69) is 5.32 Å². The highest BCUT2D eigenvalue weighted by molar-refractivity contribution is 7.90. The molecule has 4 nitrogen and oxygen atoms in total. The second-order valence-electron chi connectivity index (χ2n) is 6.06. The molecule has 0 heterocycles. The molecule has 0 bridgehead atoms. The van der Waals surface area contributed by atoms with Gasteiger partial charge in [-0.15, -0.1) is 0 Å². The number of sulfone groups is 1. The number of benzene rings is 3. The average molecular weight is 353 g/mol. The van der Waals surface area contributed by atoms with Gasteiger partial charge in [0.2, 0.25) is 0 Å². The highest BCUT2D eigenvalue weighted by atomic mass is 32.2. The van der Waals surface area contributed by atoms with E-state index in [4.69, 9.17) is 0 Å². The Balaban J connectivity index is 1.82. The summed E-state index contributed by atoms with van der Waals surface area (Å²) in [5.41, 5.74) is 1.47. The van der Waals surface area contributed by atoms with Crippen molar-refractivity contribution >= 4 is 26.5 Å². The Kier molecular flexibility index (Phi) is 4.59. The fourth-order valence-electron chi connectivity index (χ4n) is 2.78. The summed E-state index contributed by atoms with van der Waals surface area (Å²) in [7, 11) is -3.22. The molecule has 3 rings (SSSR count). The van der Waals surface area contributed by atoms with Gasteiger partial charge in [0, 0.05) is 11.8 Å². The van der Waals surface area contributed by atoms with Gasteiger partial charge in [0.25, 0.3) is 5.91 Å². The van der Waals surface area contributed by atoms with Crippen molar-refractivity contribution in [2.24, 2.45) is 0 Å². The Morgan fingerprint density at radius 3 is 2.24 bits per heavy atom. The topological polar surface area (TPSA) is 63.2 Å². The summed E-state index contributed by atoms with van der Waals surface area (Å²) in [4.78, 5) is 12.9. The van der Waals surface area contributed by atoms with Crippen molar-refractivity contribution in [3.63, 3.8) is 0 Å². The van der Waals surface area contributed by atoms with Crippen LogP contribution in [0, 0.1) is 0 Å². The molecule has 1 N–H and O–H groups in total. The van der Waals surface area contributed by atoms with Crippen LogP contribution in [0.2, 0.25) is 0 Å². The van der Waals surface area contributed by atoms with Gasteiger partial charge in [-0.2, -0.15) is 0 Å². The zero-order chi connectivity index (χ0) is 18.0. The average Bonchev–Trinajstić information content (AvgIpc) is 2.60. The minimum Gasteiger partial charge on any atom is -0.345 e. The molecule has 0 fully saturated rings. The van der Waals surface area contributed by atoms with Crippen molar-refractivity contribution in [2.45, 2.75) is 17.9 Å². The minimum atomic E-state index is -3.22. The lowest BCUT2D eigenvalue weighted by Crippen LogP contribution is -2.26. The van der Waals surface area contributed by atoms with Crippen molar-refractivity contribution in [3.8, 4) is 0 Å². The molecule has 0 aromatic heterocycles. The van der Waals surface area contributed by atoms with Crippen LogP contribution in [0.5, 0.6) is 0 Å². The summed E-state index contributed by atoms with van der Waals surface area (Å²) in [6.45, 7) is 1.87. The Labute approximate surface area is 147 Å². The molecule has 25 heavy (non-hydrogen) atoms. The number of amides is 1. The van der Waals surface area contributed by atoms with Gasteiger partial charge < -0.3 is 5.32 Å². The molecule has 128 valence electrons. The number of hydrogen-bond donors (Lipinski definition) is 1. The van der Waals surface area contributed by atoms with Crippen LogP contribution in [-0.4, -0.2) is 20.6 Å². The quantitative estimate of drug-likeness (QED) is 0.777. The van der Waals surface area contributed by atoms with Crippen molar-refractivity contribution in [1.82, 2.24) is 5.32 Å². The van der Waals surface area contributed by atoms with E-state index >= 15 is 0 Å². The van der Waals surface area contributed by atoms with Gasteiger partial charge >= 0.3 is 0 Å². The molecule has 1 unspecified atom stereocenters. The molecule has 0 aliphatic heterocycles. The van der Waals surface area contributed by atoms with Gasteiger partial charge in [-0.3, -0.25) is 4.79 Å². The third kappa shape index (κ3) is 3.72. The maximum Gasteiger partial charge on any atom is 0.252 e. The van der Waals surface area contributed by atoms with Crippen LogP contribution in [0.15, 0.2) is 71.6 Å². The van der Waals surface area contributed by atoms with E-state index in [1.54, 1.807) is 30.3 Å². The predicted octanol–water partition coefficient (Wildman–Crippen LogP) is 3.73. The van der Waals surface area contributed by atoms with Gasteiger partial charge in [0.1, 0.15) is 0 Å². The Morgan fingerprint density at radius 2 is 1.56 bits per heavy atom. The second kappa shape index (κ2) is 6.69. The second-order valence-corrected chi connectivity index (χ2v) is 8.08. The Morgan fingerprint density at radius 1 is 0.920 bits per heavy atom. The van der Waals surface area contributed by atoms with Gasteiger partial charge in [-0.05, 0) is 41.5 Å². The van der Waals surface area contributed by atoms with E-state index in [0.717, 1.165) is 16.3 Å². The molecule has 3 aromatic rings. The summed E-state index contributed by atoms with van der Waals surface area (Å²) in [5.74, 6) is -0.156. The standard InChI is InChI=1S/C20H19NO3S/c1-14(15-10-12-17(13-11-15)25(2,23)24)21-20(22)19-9-5-7-16-6-3-4-8-18(16)19/h3-14H,1-2H3,(H,21,22). The molecule has 0 saturated carbocycles. The van der Waals surface area contributed by atoms with Gasteiger partial charge in [-0.1, -0.05) is 48.5 Å². The third-order valence-electron chi connectivity index (χ3n) is 4.19. The van der Waals surface area contributed by atoms with E-state index in [1.807, 2.05) is 43.3 Å². The van der Waals surface area contributed by atoms with E-state index in [9.17, 15) is 13.2 Å². The van der Waals surface area contributed by atoms with Crippen molar-refractivity contribution in [1.29, 1.82) is 0 Å². The van der Waals surface area contributed by atoms with Crippen LogP contribution in [0.1, 0.15) is 28.9 Å². The lowest BCUT2D eigenvalue weighted by molar-refractivity contribution is 0.0941. The summed E-state index contributed by atoms with van der Waals surface area (Å²) in [6, 6.07) is 19.7. The predicted molar refractivity (Wildman–Crippen MR) is 99.4 cm³/mol. The first-order valence-corrected chi connectivity index (χ1v) is 9.84. The molecule has 0 spiro atoms. The Bertz CT molecular complexity index is 1020. The van der Waals surface area contributed by atoms with Crippen LogP contribution in [0.4, 0.5) is 0 Å². The zero-order valence-corrected chi connectivity index (χ0v) is 14.9. The molecule has 0 aliphatic carbocycles. The van der Waals surface area contributed by atoms with Crippen molar-refractivity contribution < 1.29 is 13.2 Å². The van der Waals surface area contributed by atoms with Gasteiger partial charge in [0.05, 0.1) is 10.9 Å². The van der Waals surface area contributed by atoms with Crippen LogP contribution in [0.25, 0.3) is 10.8 Å². The van der Waals surface area contributed by atoms with Crippen molar-refractivity contribution in [3.05, 3.63) is 77.9 Å². The van der Waals surface area contributed by atoms with E-state index in [-0.39, 0.29) is 16.8 Å². The lowest BCUT2D eigenvalue weighted by Gasteiger charge is -2.15. The first kappa shape index (κ1) is 17.2. The minimum absolute atomic E-state index is 0.156. The largest absolute Gasteiger partial charge is 0.345 e. The number of carbonyl (C=O) groups excluding carboxylic acids is 1.